The molecule has 0 aromatic heterocycles. The predicted molar refractivity (Wildman–Crippen MR) is 93.4 cm³/mol. The maximum atomic E-state index is 12.5. The lowest BCUT2D eigenvalue weighted by Gasteiger charge is -2.42. The van der Waals surface area contributed by atoms with Gasteiger partial charge in [-0.05, 0) is 38.4 Å². The molecule has 0 spiro atoms. The average molecular weight is 350 g/mol. The predicted octanol–water partition coefficient (Wildman–Crippen LogP) is 1.68. The minimum absolute atomic E-state index is 0.0359. The first-order chi connectivity index (χ1) is 11.9. The Labute approximate surface area is 147 Å². The molecule has 7 heteroatoms. The van der Waals surface area contributed by atoms with Gasteiger partial charge in [0.05, 0.1) is 20.8 Å². The minimum atomic E-state index is -0.826. The van der Waals surface area contributed by atoms with E-state index in [4.69, 9.17) is 14.6 Å². The highest BCUT2D eigenvalue weighted by molar-refractivity contribution is 5.95. The number of benzene rings is 1. The van der Waals surface area contributed by atoms with E-state index in [1.54, 1.807) is 26.4 Å². The number of methoxy groups -OCH3 is 2. The monoisotopic (exact) mass is 350 g/mol. The lowest BCUT2D eigenvalue weighted by Crippen LogP contribution is -2.54. The first-order valence-corrected chi connectivity index (χ1v) is 8.38. The lowest BCUT2D eigenvalue weighted by molar-refractivity contribution is -0.139. The Morgan fingerprint density at radius 2 is 1.80 bits per heavy atom. The van der Waals surface area contributed by atoms with Crippen molar-refractivity contribution in [2.45, 2.75) is 38.8 Å². The van der Waals surface area contributed by atoms with Crippen molar-refractivity contribution >= 4 is 11.9 Å². The topological polar surface area (TPSA) is 88.1 Å². The second kappa shape index (κ2) is 8.20. The zero-order chi connectivity index (χ0) is 18.6. The fourth-order valence-electron chi connectivity index (χ4n) is 3.16. The normalized spacial score (nSPS) is 19.2. The van der Waals surface area contributed by atoms with Crippen LogP contribution in [-0.2, 0) is 4.79 Å². The zero-order valence-corrected chi connectivity index (χ0v) is 15.2. The SMILES string of the molecule is CCN(CC(=O)O)C1CC(NC(=O)c2cc(OC)c(C)c(OC)c2)C1. The van der Waals surface area contributed by atoms with Gasteiger partial charge >= 0.3 is 5.97 Å². The average Bonchev–Trinajstić information content (AvgIpc) is 2.55. The summed E-state index contributed by atoms with van der Waals surface area (Å²) in [7, 11) is 3.11. The maximum absolute atomic E-state index is 12.5. The third kappa shape index (κ3) is 4.42. The number of likely N-dealkylation sites (N-methyl/N-ethyl adjacent to an activating group) is 1. The largest absolute Gasteiger partial charge is 0.496 e. The Balaban J connectivity index is 1.97. The van der Waals surface area contributed by atoms with Gasteiger partial charge in [-0.3, -0.25) is 14.5 Å². The first-order valence-electron chi connectivity index (χ1n) is 8.38. The summed E-state index contributed by atoms with van der Waals surface area (Å²) in [5, 5.41) is 11.9. The number of amides is 1. The Kier molecular flexibility index (Phi) is 6.25. The number of carboxylic acids is 1. The van der Waals surface area contributed by atoms with E-state index >= 15 is 0 Å². The standard InChI is InChI=1S/C18H26N2O5/c1-5-20(10-17(21)22)14-8-13(9-14)19-18(23)12-6-15(24-3)11(2)16(7-12)25-4/h6-7,13-14H,5,8-10H2,1-4H3,(H,19,23)(H,21,22). The van der Waals surface area contributed by atoms with Gasteiger partial charge in [-0.2, -0.15) is 0 Å². The number of hydrogen-bond acceptors (Lipinski definition) is 5. The van der Waals surface area contributed by atoms with Crippen molar-refractivity contribution in [3.05, 3.63) is 23.3 Å². The summed E-state index contributed by atoms with van der Waals surface area (Å²) in [5.41, 5.74) is 1.33. The molecule has 0 radical (unpaired) electrons. The fraction of sp³-hybridized carbons (Fsp3) is 0.556. The van der Waals surface area contributed by atoms with Crippen LogP contribution in [0.1, 0.15) is 35.7 Å². The van der Waals surface area contributed by atoms with Gasteiger partial charge in [-0.1, -0.05) is 6.92 Å². The van der Waals surface area contributed by atoms with Gasteiger partial charge in [0.2, 0.25) is 0 Å². The quantitative estimate of drug-likeness (QED) is 0.742. The van der Waals surface area contributed by atoms with E-state index in [-0.39, 0.29) is 24.5 Å². The maximum Gasteiger partial charge on any atom is 0.317 e. The van der Waals surface area contributed by atoms with Crippen molar-refractivity contribution < 1.29 is 24.2 Å². The van der Waals surface area contributed by atoms with E-state index < -0.39 is 5.97 Å². The molecule has 1 aliphatic rings. The molecular weight excluding hydrogens is 324 g/mol. The van der Waals surface area contributed by atoms with E-state index in [2.05, 4.69) is 5.32 Å². The highest BCUT2D eigenvalue weighted by Gasteiger charge is 2.34. The molecule has 25 heavy (non-hydrogen) atoms. The van der Waals surface area contributed by atoms with E-state index in [0.717, 1.165) is 18.4 Å². The van der Waals surface area contributed by atoms with E-state index in [1.165, 1.54) is 0 Å². The highest BCUT2D eigenvalue weighted by Crippen LogP contribution is 2.30. The molecule has 0 saturated heterocycles. The summed E-state index contributed by atoms with van der Waals surface area (Å²) in [4.78, 5) is 25.3. The summed E-state index contributed by atoms with van der Waals surface area (Å²) < 4.78 is 10.6. The Bertz CT molecular complexity index is 615. The molecule has 0 heterocycles. The van der Waals surface area contributed by atoms with E-state index in [9.17, 15) is 9.59 Å². The molecule has 0 unspecified atom stereocenters. The molecule has 1 aliphatic carbocycles. The molecule has 2 rings (SSSR count). The second-order valence-electron chi connectivity index (χ2n) is 6.26. The zero-order valence-electron chi connectivity index (χ0n) is 15.2. The van der Waals surface area contributed by atoms with Crippen molar-refractivity contribution in [3.8, 4) is 11.5 Å². The Morgan fingerprint density at radius 1 is 1.24 bits per heavy atom. The van der Waals surface area contributed by atoms with Gasteiger partial charge in [-0.25, -0.2) is 0 Å². The van der Waals surface area contributed by atoms with Crippen LogP contribution in [0, 0.1) is 6.92 Å². The summed E-state index contributed by atoms with van der Waals surface area (Å²) in [6, 6.07) is 3.66. The van der Waals surface area contributed by atoms with Gasteiger partial charge in [0.1, 0.15) is 11.5 Å². The molecule has 0 aliphatic heterocycles. The Morgan fingerprint density at radius 3 is 2.24 bits per heavy atom. The molecule has 7 nitrogen and oxygen atoms in total. The van der Waals surface area contributed by atoms with Crippen LogP contribution in [-0.4, -0.2) is 61.3 Å². The van der Waals surface area contributed by atoms with Crippen LogP contribution in [0.5, 0.6) is 11.5 Å². The molecule has 1 fully saturated rings. The van der Waals surface area contributed by atoms with Crippen LogP contribution in [0.4, 0.5) is 0 Å². The third-order valence-electron chi connectivity index (χ3n) is 4.72. The number of ether oxygens (including phenoxy) is 2. The molecule has 1 aromatic carbocycles. The second-order valence-corrected chi connectivity index (χ2v) is 6.26. The highest BCUT2D eigenvalue weighted by atomic mass is 16.5. The van der Waals surface area contributed by atoms with Crippen LogP contribution in [0.3, 0.4) is 0 Å². The van der Waals surface area contributed by atoms with Gasteiger partial charge < -0.3 is 19.9 Å². The number of nitrogens with zero attached hydrogens (tertiary/aromatic N) is 1. The van der Waals surface area contributed by atoms with Crippen LogP contribution < -0.4 is 14.8 Å². The molecule has 0 bridgehead atoms. The number of carbonyl (C=O) groups excluding carboxylic acids is 1. The van der Waals surface area contributed by atoms with Crippen LogP contribution in [0.25, 0.3) is 0 Å². The van der Waals surface area contributed by atoms with Crippen molar-refractivity contribution in [1.29, 1.82) is 0 Å². The summed E-state index contributed by atoms with van der Waals surface area (Å²) in [6.45, 7) is 4.54. The summed E-state index contributed by atoms with van der Waals surface area (Å²) in [6.07, 6.45) is 1.51. The summed E-state index contributed by atoms with van der Waals surface area (Å²) >= 11 is 0. The molecule has 138 valence electrons. The molecule has 1 amide bonds. The molecule has 0 atom stereocenters. The molecule has 1 aromatic rings. The molecule has 1 saturated carbocycles. The lowest BCUT2D eigenvalue weighted by atomic mass is 9.85. The molecular formula is C18H26N2O5. The number of hydrogen-bond donors (Lipinski definition) is 2. The van der Waals surface area contributed by atoms with Gasteiger partial charge in [0.25, 0.3) is 5.91 Å². The van der Waals surface area contributed by atoms with Crippen molar-refractivity contribution in [2.24, 2.45) is 0 Å². The first kappa shape index (κ1) is 19.1. The van der Waals surface area contributed by atoms with E-state index in [0.29, 0.717) is 23.6 Å². The van der Waals surface area contributed by atoms with Crippen molar-refractivity contribution in [2.75, 3.05) is 27.3 Å². The van der Waals surface area contributed by atoms with Crippen LogP contribution in [0.15, 0.2) is 12.1 Å². The smallest absolute Gasteiger partial charge is 0.317 e. The van der Waals surface area contributed by atoms with Gasteiger partial charge in [0.15, 0.2) is 0 Å². The number of carbonyl (C=O) groups is 2. The summed E-state index contributed by atoms with van der Waals surface area (Å²) in [5.74, 6) is 0.207. The van der Waals surface area contributed by atoms with Crippen molar-refractivity contribution in [3.63, 3.8) is 0 Å². The van der Waals surface area contributed by atoms with Gasteiger partial charge in [0, 0.05) is 23.2 Å². The van der Waals surface area contributed by atoms with E-state index in [1.807, 2.05) is 18.7 Å². The van der Waals surface area contributed by atoms with Crippen LogP contribution in [0.2, 0.25) is 0 Å². The number of rotatable bonds is 8. The fourth-order valence-corrected chi connectivity index (χ4v) is 3.16. The Hall–Kier alpha value is -2.28. The van der Waals surface area contributed by atoms with Crippen molar-refractivity contribution in [1.82, 2.24) is 10.2 Å². The van der Waals surface area contributed by atoms with Crippen LogP contribution >= 0.6 is 0 Å². The third-order valence-corrected chi connectivity index (χ3v) is 4.72. The van der Waals surface area contributed by atoms with Gasteiger partial charge in [-0.15, -0.1) is 0 Å². The minimum Gasteiger partial charge on any atom is -0.496 e. The number of carboxylic acid groups (broad SMARTS) is 1. The molecule has 2 N–H and O–H groups in total. The number of nitrogens with one attached hydrogen (secondary N) is 1. The number of aliphatic carboxylic acids is 1.